The fourth-order valence-corrected chi connectivity index (χ4v) is 2.68. The molecule has 1 aromatic heterocycles. The van der Waals surface area contributed by atoms with Gasteiger partial charge in [-0.1, -0.05) is 0 Å². The predicted octanol–water partition coefficient (Wildman–Crippen LogP) is 0.813. The summed E-state index contributed by atoms with van der Waals surface area (Å²) < 4.78 is 0. The highest BCUT2D eigenvalue weighted by atomic mass is 32.1. The Morgan fingerprint density at radius 2 is 2.50 bits per heavy atom. The number of carbonyl (C=O) groups excluding carboxylic acids is 2. The number of rotatable bonds is 5. The number of nitrogens with one attached hydrogen (secondary N) is 1. The molecular formula is C12H17N3O2S. The van der Waals surface area contributed by atoms with Crippen molar-refractivity contribution in [3.63, 3.8) is 0 Å². The van der Waals surface area contributed by atoms with E-state index in [1.807, 2.05) is 6.92 Å². The Morgan fingerprint density at radius 1 is 1.67 bits per heavy atom. The zero-order valence-electron chi connectivity index (χ0n) is 10.4. The van der Waals surface area contributed by atoms with Crippen LogP contribution in [0.4, 0.5) is 0 Å². The predicted molar refractivity (Wildman–Crippen MR) is 69.2 cm³/mol. The van der Waals surface area contributed by atoms with Crippen molar-refractivity contribution >= 4 is 23.2 Å². The van der Waals surface area contributed by atoms with Gasteiger partial charge in [-0.15, -0.1) is 11.3 Å². The van der Waals surface area contributed by atoms with E-state index in [4.69, 9.17) is 0 Å². The molecule has 1 unspecified atom stereocenters. The number of likely N-dealkylation sites (tertiary alicyclic amines) is 1. The number of hydrogen-bond acceptors (Lipinski definition) is 4. The van der Waals surface area contributed by atoms with Gasteiger partial charge in [-0.2, -0.15) is 0 Å². The molecule has 1 atom stereocenters. The first-order valence-electron chi connectivity index (χ1n) is 6.13. The lowest BCUT2D eigenvalue weighted by Gasteiger charge is -2.14. The molecule has 6 heteroatoms. The van der Waals surface area contributed by atoms with Gasteiger partial charge in [0, 0.05) is 37.0 Å². The van der Waals surface area contributed by atoms with E-state index in [0.29, 0.717) is 32.4 Å². The molecule has 98 valence electrons. The smallest absolute Gasteiger partial charge is 0.224 e. The van der Waals surface area contributed by atoms with Crippen molar-refractivity contribution in [3.05, 3.63) is 16.6 Å². The summed E-state index contributed by atoms with van der Waals surface area (Å²) in [7, 11) is 0. The Balaban J connectivity index is 1.73. The Labute approximate surface area is 110 Å². The Morgan fingerprint density at radius 3 is 3.11 bits per heavy atom. The second kappa shape index (κ2) is 5.95. The topological polar surface area (TPSA) is 62.3 Å². The van der Waals surface area contributed by atoms with Gasteiger partial charge in [0.2, 0.25) is 11.8 Å². The molecule has 0 saturated carbocycles. The summed E-state index contributed by atoms with van der Waals surface area (Å²) in [4.78, 5) is 30.1. The second-order valence-electron chi connectivity index (χ2n) is 4.37. The first-order valence-corrected chi connectivity index (χ1v) is 7.01. The van der Waals surface area contributed by atoms with Gasteiger partial charge < -0.3 is 10.2 Å². The summed E-state index contributed by atoms with van der Waals surface area (Å²) in [5.74, 6) is 0.143. The fraction of sp³-hybridized carbons (Fsp3) is 0.583. The summed E-state index contributed by atoms with van der Waals surface area (Å²) in [5.41, 5.74) is 1.77. The molecule has 18 heavy (non-hydrogen) atoms. The molecule has 2 amide bonds. The van der Waals surface area contributed by atoms with Crippen LogP contribution < -0.4 is 5.32 Å². The maximum atomic E-state index is 11.7. The number of nitrogens with zero attached hydrogens (tertiary/aromatic N) is 2. The van der Waals surface area contributed by atoms with Crippen molar-refractivity contribution in [2.45, 2.75) is 32.2 Å². The molecule has 0 aromatic carbocycles. The normalized spacial score (nSPS) is 19.3. The van der Waals surface area contributed by atoms with Crippen molar-refractivity contribution in [2.24, 2.45) is 0 Å². The SMILES string of the molecule is CCN1CC(NC(=O)CCc2cncs2)CC1=O. The fourth-order valence-electron chi connectivity index (χ4n) is 2.08. The van der Waals surface area contributed by atoms with Crippen LogP contribution in [0.15, 0.2) is 11.7 Å². The van der Waals surface area contributed by atoms with Crippen LogP contribution in [0.25, 0.3) is 0 Å². The number of likely N-dealkylation sites (N-methyl/N-ethyl adjacent to an activating group) is 1. The number of hydrogen-bond donors (Lipinski definition) is 1. The largest absolute Gasteiger partial charge is 0.351 e. The number of amides is 2. The average molecular weight is 267 g/mol. The van der Waals surface area contributed by atoms with Crippen LogP contribution >= 0.6 is 11.3 Å². The third kappa shape index (κ3) is 3.29. The molecule has 2 rings (SSSR count). The Kier molecular flexibility index (Phi) is 4.30. The third-order valence-electron chi connectivity index (χ3n) is 3.04. The highest BCUT2D eigenvalue weighted by molar-refractivity contribution is 7.09. The minimum atomic E-state index is -0.0218. The Hall–Kier alpha value is -1.43. The molecule has 1 fully saturated rings. The lowest BCUT2D eigenvalue weighted by atomic mass is 10.2. The number of aryl methyl sites for hydroxylation is 1. The maximum absolute atomic E-state index is 11.7. The van der Waals surface area contributed by atoms with Crippen LogP contribution in [0.1, 0.15) is 24.6 Å². The summed E-state index contributed by atoms with van der Waals surface area (Å²) in [6, 6.07) is -0.0218. The van der Waals surface area contributed by atoms with Crippen LogP contribution in [0, 0.1) is 0 Å². The number of aromatic nitrogens is 1. The van der Waals surface area contributed by atoms with E-state index in [2.05, 4.69) is 10.3 Å². The standard InChI is InChI=1S/C12H17N3O2S/c1-2-15-7-9(5-12(15)17)14-11(16)4-3-10-6-13-8-18-10/h6,8-9H,2-5,7H2,1H3,(H,14,16). The van der Waals surface area contributed by atoms with Crippen molar-refractivity contribution in [2.75, 3.05) is 13.1 Å². The van der Waals surface area contributed by atoms with E-state index in [1.165, 1.54) is 0 Å². The minimum absolute atomic E-state index is 0.0131. The lowest BCUT2D eigenvalue weighted by Crippen LogP contribution is -2.37. The highest BCUT2D eigenvalue weighted by Gasteiger charge is 2.29. The van der Waals surface area contributed by atoms with Crippen LogP contribution in [-0.2, 0) is 16.0 Å². The highest BCUT2D eigenvalue weighted by Crippen LogP contribution is 2.12. The summed E-state index contributed by atoms with van der Waals surface area (Å²) in [6.07, 6.45) is 3.39. The van der Waals surface area contributed by atoms with Gasteiger partial charge in [-0.05, 0) is 13.3 Å². The molecule has 0 radical (unpaired) electrons. The van der Waals surface area contributed by atoms with Gasteiger partial charge in [0.05, 0.1) is 11.6 Å². The van der Waals surface area contributed by atoms with E-state index in [1.54, 1.807) is 27.9 Å². The first kappa shape index (κ1) is 13.0. The molecular weight excluding hydrogens is 250 g/mol. The van der Waals surface area contributed by atoms with Crippen LogP contribution in [0.2, 0.25) is 0 Å². The minimum Gasteiger partial charge on any atom is -0.351 e. The summed E-state index contributed by atoms with van der Waals surface area (Å²) in [6.45, 7) is 3.31. The van der Waals surface area contributed by atoms with Gasteiger partial charge in [0.1, 0.15) is 0 Å². The van der Waals surface area contributed by atoms with Crippen molar-refractivity contribution in [3.8, 4) is 0 Å². The molecule has 2 heterocycles. The van der Waals surface area contributed by atoms with Crippen molar-refractivity contribution in [1.82, 2.24) is 15.2 Å². The second-order valence-corrected chi connectivity index (χ2v) is 5.34. The zero-order chi connectivity index (χ0) is 13.0. The molecule has 0 spiro atoms. The van der Waals surface area contributed by atoms with E-state index in [-0.39, 0.29) is 17.9 Å². The average Bonchev–Trinajstić information content (AvgIpc) is 2.96. The van der Waals surface area contributed by atoms with Gasteiger partial charge in [0.15, 0.2) is 0 Å². The molecule has 0 bridgehead atoms. The molecule has 1 N–H and O–H groups in total. The molecule has 1 aliphatic rings. The Bertz CT molecular complexity index is 419. The van der Waals surface area contributed by atoms with E-state index in [0.717, 1.165) is 4.88 Å². The molecule has 0 aliphatic carbocycles. The lowest BCUT2D eigenvalue weighted by molar-refractivity contribution is -0.127. The number of carbonyl (C=O) groups is 2. The molecule has 1 aliphatic heterocycles. The molecule has 5 nitrogen and oxygen atoms in total. The van der Waals surface area contributed by atoms with Gasteiger partial charge in [-0.3, -0.25) is 14.6 Å². The maximum Gasteiger partial charge on any atom is 0.224 e. The third-order valence-corrected chi connectivity index (χ3v) is 3.88. The van der Waals surface area contributed by atoms with Crippen molar-refractivity contribution in [1.29, 1.82) is 0 Å². The van der Waals surface area contributed by atoms with Crippen LogP contribution in [-0.4, -0.2) is 40.8 Å². The summed E-state index contributed by atoms with van der Waals surface area (Å²) in [5, 5.41) is 2.92. The zero-order valence-corrected chi connectivity index (χ0v) is 11.2. The van der Waals surface area contributed by atoms with Crippen molar-refractivity contribution < 1.29 is 9.59 Å². The quantitative estimate of drug-likeness (QED) is 0.859. The van der Waals surface area contributed by atoms with E-state index >= 15 is 0 Å². The molecule has 1 saturated heterocycles. The van der Waals surface area contributed by atoms with Gasteiger partial charge >= 0.3 is 0 Å². The molecule has 1 aromatic rings. The van der Waals surface area contributed by atoms with E-state index in [9.17, 15) is 9.59 Å². The van der Waals surface area contributed by atoms with E-state index < -0.39 is 0 Å². The van der Waals surface area contributed by atoms with Crippen LogP contribution in [0.5, 0.6) is 0 Å². The summed E-state index contributed by atoms with van der Waals surface area (Å²) >= 11 is 1.56. The first-order chi connectivity index (χ1) is 8.69. The monoisotopic (exact) mass is 267 g/mol. The van der Waals surface area contributed by atoms with Crippen LogP contribution in [0.3, 0.4) is 0 Å². The van der Waals surface area contributed by atoms with Gasteiger partial charge in [0.25, 0.3) is 0 Å². The van der Waals surface area contributed by atoms with Gasteiger partial charge in [-0.25, -0.2) is 0 Å². The number of thiazole rings is 1.